The summed E-state index contributed by atoms with van der Waals surface area (Å²) in [4.78, 5) is 15.6. The summed E-state index contributed by atoms with van der Waals surface area (Å²) < 4.78 is 5.75. The molecule has 0 aliphatic carbocycles. The summed E-state index contributed by atoms with van der Waals surface area (Å²) in [6.45, 7) is 0. The Morgan fingerprint density at radius 2 is 1.14 bits per heavy atom. The first-order valence-corrected chi connectivity index (χ1v) is 17.7. The molecule has 4 nitrogen and oxygen atoms in total. The number of thiophene rings is 1. The van der Waals surface area contributed by atoms with Crippen LogP contribution in [-0.4, -0.2) is 19.5 Å². The maximum Gasteiger partial charge on any atom is 0.165 e. The number of halogens is 1. The Labute approximate surface area is 294 Å². The molecule has 3 aromatic heterocycles. The molecule has 0 aliphatic heterocycles. The van der Waals surface area contributed by atoms with Gasteiger partial charge in [-0.1, -0.05) is 107 Å². The fourth-order valence-electron chi connectivity index (χ4n) is 7.04. The van der Waals surface area contributed by atoms with Crippen LogP contribution >= 0.6 is 27.3 Å². The van der Waals surface area contributed by atoms with Crippen LogP contribution in [0.5, 0.6) is 0 Å². The number of benzene rings is 7. The molecule has 0 spiro atoms. The van der Waals surface area contributed by atoms with Gasteiger partial charge in [-0.15, -0.1) is 11.3 Å². The highest BCUT2D eigenvalue weighted by atomic mass is 79.9. The normalized spacial score (nSPS) is 11.8. The number of para-hydroxylation sites is 2. The summed E-state index contributed by atoms with van der Waals surface area (Å²) in [5.74, 6) is 1.94. The Balaban J connectivity index is 1.23. The summed E-state index contributed by atoms with van der Waals surface area (Å²) in [5, 5.41) is 7.07. The first kappa shape index (κ1) is 28.3. The Bertz CT molecular complexity index is 2910. The van der Waals surface area contributed by atoms with Crippen molar-refractivity contribution < 1.29 is 0 Å². The monoisotopic (exact) mass is 708 g/mol. The molecule has 7 aromatic carbocycles. The minimum Gasteiger partial charge on any atom is -0.309 e. The van der Waals surface area contributed by atoms with E-state index in [1.54, 1.807) is 11.3 Å². The molecule has 0 N–H and O–H groups in total. The topological polar surface area (TPSA) is 43.6 Å². The SMILES string of the molecule is Brc1cc(-c2nc(-c3ccc4c(c3)c3ccccc3n4-c3ccccc3)nc(-c3cccc4c3sc3ccccc34)n2)cc2ccccc12. The van der Waals surface area contributed by atoms with Gasteiger partial charge in [0.2, 0.25) is 0 Å². The zero-order valence-electron chi connectivity index (χ0n) is 26.0. The van der Waals surface area contributed by atoms with E-state index in [0.717, 1.165) is 54.0 Å². The van der Waals surface area contributed by atoms with Crippen LogP contribution < -0.4 is 0 Å². The van der Waals surface area contributed by atoms with Crippen molar-refractivity contribution in [2.24, 2.45) is 0 Å². The van der Waals surface area contributed by atoms with Crippen molar-refractivity contribution >= 4 is 80.0 Å². The summed E-state index contributed by atoms with van der Waals surface area (Å²) in [6, 6.07) is 53.3. The van der Waals surface area contributed by atoms with Crippen LogP contribution in [0.3, 0.4) is 0 Å². The minimum absolute atomic E-state index is 0.636. The highest BCUT2D eigenvalue weighted by Gasteiger charge is 2.19. The zero-order valence-corrected chi connectivity index (χ0v) is 28.4. The molecule has 0 radical (unpaired) electrons. The Kier molecular flexibility index (Phi) is 6.47. The first-order chi connectivity index (χ1) is 24.2. The van der Waals surface area contributed by atoms with Gasteiger partial charge < -0.3 is 4.57 Å². The summed E-state index contributed by atoms with van der Waals surface area (Å²) >= 11 is 5.61. The van der Waals surface area contributed by atoms with Crippen LogP contribution in [0.2, 0.25) is 0 Å². The maximum absolute atomic E-state index is 5.22. The predicted octanol–water partition coefficient (Wildman–Crippen LogP) is 12.3. The number of hydrogen-bond donors (Lipinski definition) is 0. The van der Waals surface area contributed by atoms with Crippen molar-refractivity contribution in [2.45, 2.75) is 0 Å². The average molecular weight is 710 g/mol. The van der Waals surface area contributed by atoms with Crippen molar-refractivity contribution in [2.75, 3.05) is 0 Å². The van der Waals surface area contributed by atoms with Crippen LogP contribution in [0.25, 0.3) is 92.6 Å². The van der Waals surface area contributed by atoms with E-state index in [1.807, 2.05) is 0 Å². The van der Waals surface area contributed by atoms with Crippen LogP contribution in [-0.2, 0) is 0 Å². The van der Waals surface area contributed by atoms with E-state index in [0.29, 0.717) is 17.5 Å². The van der Waals surface area contributed by atoms with E-state index in [4.69, 9.17) is 15.0 Å². The van der Waals surface area contributed by atoms with Crippen LogP contribution in [0.15, 0.2) is 156 Å². The van der Waals surface area contributed by atoms with Crippen molar-refractivity contribution in [3.05, 3.63) is 156 Å². The molecular weight excluding hydrogens is 684 g/mol. The van der Waals surface area contributed by atoms with Gasteiger partial charge in [0, 0.05) is 57.8 Å². The lowest BCUT2D eigenvalue weighted by Crippen LogP contribution is -2.00. The molecule has 6 heteroatoms. The molecule has 0 saturated carbocycles. The lowest BCUT2D eigenvalue weighted by atomic mass is 10.1. The average Bonchev–Trinajstić information content (AvgIpc) is 3.71. The quantitative estimate of drug-likeness (QED) is 0.183. The van der Waals surface area contributed by atoms with E-state index in [2.05, 4.69) is 172 Å². The van der Waals surface area contributed by atoms with Crippen molar-refractivity contribution in [1.82, 2.24) is 19.5 Å². The summed E-state index contributed by atoms with van der Waals surface area (Å²) in [5.41, 5.74) is 6.31. The molecule has 0 bridgehead atoms. The number of rotatable bonds is 4. The standard InChI is InChI=1S/C43H25BrN4S/c44-36-25-28(23-26-11-4-5-14-30(26)36)42-45-41(46-43(47-42)34-18-10-17-33-32-16-7-9-20-39(32)49-40(33)34)27-21-22-38-35(24-27)31-15-6-8-19-37(31)48(38)29-12-2-1-3-13-29/h1-25H. The second-order valence-corrected chi connectivity index (χ2v) is 14.1. The van der Waals surface area contributed by atoms with Gasteiger partial charge in [-0.25, -0.2) is 15.0 Å². The number of aromatic nitrogens is 4. The van der Waals surface area contributed by atoms with Crippen molar-refractivity contribution in [3.8, 4) is 39.9 Å². The van der Waals surface area contributed by atoms with Crippen LogP contribution in [0.4, 0.5) is 0 Å². The largest absolute Gasteiger partial charge is 0.309 e. The molecule has 10 aromatic rings. The fourth-order valence-corrected chi connectivity index (χ4v) is 8.86. The first-order valence-electron chi connectivity index (χ1n) is 16.1. The zero-order chi connectivity index (χ0) is 32.5. The molecule has 230 valence electrons. The maximum atomic E-state index is 5.22. The molecule has 0 unspecified atom stereocenters. The molecular formula is C43H25BrN4S. The number of fused-ring (bicyclic) bond motifs is 7. The molecule has 3 heterocycles. The third kappa shape index (κ3) is 4.60. The molecule has 0 saturated heterocycles. The summed E-state index contributed by atoms with van der Waals surface area (Å²) in [6.07, 6.45) is 0. The van der Waals surface area contributed by atoms with Gasteiger partial charge in [0.15, 0.2) is 17.5 Å². The molecule has 49 heavy (non-hydrogen) atoms. The van der Waals surface area contributed by atoms with E-state index >= 15 is 0 Å². The highest BCUT2D eigenvalue weighted by molar-refractivity contribution is 9.10. The van der Waals surface area contributed by atoms with Gasteiger partial charge in [-0.3, -0.25) is 0 Å². The third-order valence-electron chi connectivity index (χ3n) is 9.30. The number of hydrogen-bond acceptors (Lipinski definition) is 4. The van der Waals surface area contributed by atoms with Crippen LogP contribution in [0.1, 0.15) is 0 Å². The van der Waals surface area contributed by atoms with Crippen molar-refractivity contribution in [3.63, 3.8) is 0 Å². The van der Waals surface area contributed by atoms with E-state index in [9.17, 15) is 0 Å². The van der Waals surface area contributed by atoms with Gasteiger partial charge in [-0.05, 0) is 71.4 Å². The lowest BCUT2D eigenvalue weighted by molar-refractivity contribution is 1.08. The molecule has 0 atom stereocenters. The van der Waals surface area contributed by atoms with Gasteiger partial charge in [-0.2, -0.15) is 0 Å². The Hall–Kier alpha value is -5.69. The van der Waals surface area contributed by atoms with Gasteiger partial charge in [0.05, 0.1) is 11.0 Å². The molecule has 0 amide bonds. The van der Waals surface area contributed by atoms with E-state index in [1.165, 1.54) is 25.6 Å². The van der Waals surface area contributed by atoms with Gasteiger partial charge >= 0.3 is 0 Å². The number of nitrogens with zero attached hydrogens (tertiary/aromatic N) is 4. The second-order valence-electron chi connectivity index (χ2n) is 12.2. The molecule has 0 fully saturated rings. The Morgan fingerprint density at radius 3 is 2.02 bits per heavy atom. The predicted molar refractivity (Wildman–Crippen MR) is 209 cm³/mol. The second kappa shape index (κ2) is 11.2. The van der Waals surface area contributed by atoms with Crippen molar-refractivity contribution in [1.29, 1.82) is 0 Å². The smallest absolute Gasteiger partial charge is 0.165 e. The summed E-state index contributed by atoms with van der Waals surface area (Å²) in [7, 11) is 0. The lowest BCUT2D eigenvalue weighted by Gasteiger charge is -2.11. The molecule has 0 aliphatic rings. The minimum atomic E-state index is 0.636. The third-order valence-corrected chi connectivity index (χ3v) is 11.2. The van der Waals surface area contributed by atoms with Gasteiger partial charge in [0.1, 0.15) is 0 Å². The van der Waals surface area contributed by atoms with E-state index < -0.39 is 0 Å². The molecule has 10 rings (SSSR count). The Morgan fingerprint density at radius 1 is 0.469 bits per heavy atom. The fraction of sp³-hybridized carbons (Fsp3) is 0. The van der Waals surface area contributed by atoms with Gasteiger partial charge in [0.25, 0.3) is 0 Å². The highest BCUT2D eigenvalue weighted by Crippen LogP contribution is 2.40. The van der Waals surface area contributed by atoms with Crippen LogP contribution in [0, 0.1) is 0 Å². The van der Waals surface area contributed by atoms with E-state index in [-0.39, 0.29) is 0 Å².